The molecule has 0 unspecified atom stereocenters. The maximum absolute atomic E-state index is 14.1. The molecule has 0 radical (unpaired) electrons. The van der Waals surface area contributed by atoms with E-state index in [2.05, 4.69) is 15.6 Å². The van der Waals surface area contributed by atoms with Gasteiger partial charge >= 0.3 is 0 Å². The first-order valence-electron chi connectivity index (χ1n) is 8.17. The Bertz CT molecular complexity index is 1030. The molecule has 0 saturated carbocycles. The van der Waals surface area contributed by atoms with Crippen molar-refractivity contribution in [2.45, 2.75) is 6.42 Å². The zero-order valence-electron chi connectivity index (χ0n) is 14.4. The highest BCUT2D eigenvalue weighted by atomic mass is 35.5. The monoisotopic (exact) mass is 401 g/mol. The van der Waals surface area contributed by atoms with Gasteiger partial charge in [-0.1, -0.05) is 23.7 Å². The van der Waals surface area contributed by atoms with Gasteiger partial charge in [-0.2, -0.15) is 0 Å². The number of nitrogens with one attached hydrogen (secondary N) is 2. The van der Waals surface area contributed by atoms with Crippen molar-refractivity contribution in [3.63, 3.8) is 0 Å². The molecular weight excluding hydrogens is 388 g/mol. The molecule has 1 heterocycles. The molecule has 0 fully saturated rings. The van der Waals surface area contributed by atoms with Crippen LogP contribution in [0.1, 0.15) is 15.9 Å². The van der Waals surface area contributed by atoms with Gasteiger partial charge in [0.2, 0.25) is 5.91 Å². The highest BCUT2D eigenvalue weighted by Gasteiger charge is 2.18. The van der Waals surface area contributed by atoms with Gasteiger partial charge in [0.15, 0.2) is 0 Å². The summed E-state index contributed by atoms with van der Waals surface area (Å²) < 4.78 is 28.2. The maximum Gasteiger partial charge on any atom is 0.258 e. The normalized spacial score (nSPS) is 10.4. The SMILES string of the molecule is O=C(Cc1cccnc1)Nc1cc(C(=O)Nc2cccc(Cl)c2)c(F)cc1F. The zero-order chi connectivity index (χ0) is 20.1. The molecule has 5 nitrogen and oxygen atoms in total. The van der Waals surface area contributed by atoms with Crippen LogP contribution in [0.25, 0.3) is 0 Å². The summed E-state index contributed by atoms with van der Waals surface area (Å²) in [5, 5.41) is 5.21. The van der Waals surface area contributed by atoms with E-state index >= 15 is 0 Å². The molecule has 0 aliphatic carbocycles. The number of benzene rings is 2. The first kappa shape index (κ1) is 19.4. The van der Waals surface area contributed by atoms with E-state index in [1.165, 1.54) is 12.3 Å². The molecule has 2 N–H and O–H groups in total. The first-order chi connectivity index (χ1) is 13.4. The minimum absolute atomic E-state index is 0.0469. The summed E-state index contributed by atoms with van der Waals surface area (Å²) in [6.07, 6.45) is 3.02. The molecule has 0 atom stereocenters. The van der Waals surface area contributed by atoms with Crippen LogP contribution in [-0.4, -0.2) is 16.8 Å². The van der Waals surface area contributed by atoms with E-state index in [-0.39, 0.29) is 12.1 Å². The molecule has 0 saturated heterocycles. The van der Waals surface area contributed by atoms with Crippen molar-refractivity contribution in [2.24, 2.45) is 0 Å². The van der Waals surface area contributed by atoms with Gasteiger partial charge in [0, 0.05) is 29.2 Å². The van der Waals surface area contributed by atoms with Gasteiger partial charge in [0.05, 0.1) is 17.7 Å². The van der Waals surface area contributed by atoms with Crippen molar-refractivity contribution in [3.05, 3.63) is 88.7 Å². The molecule has 0 spiro atoms. The van der Waals surface area contributed by atoms with Gasteiger partial charge in [0.25, 0.3) is 5.91 Å². The Balaban J connectivity index is 1.78. The van der Waals surface area contributed by atoms with Crippen molar-refractivity contribution < 1.29 is 18.4 Å². The highest BCUT2D eigenvalue weighted by molar-refractivity contribution is 6.31. The number of hydrogen-bond donors (Lipinski definition) is 2. The van der Waals surface area contributed by atoms with Gasteiger partial charge in [-0.3, -0.25) is 14.6 Å². The fourth-order valence-corrected chi connectivity index (χ4v) is 2.66. The molecule has 1 aromatic heterocycles. The minimum Gasteiger partial charge on any atom is -0.323 e. The Morgan fingerprint density at radius 1 is 1.00 bits per heavy atom. The molecule has 142 valence electrons. The predicted molar refractivity (Wildman–Crippen MR) is 102 cm³/mol. The fraction of sp³-hybridized carbons (Fsp3) is 0.0500. The third-order valence-corrected chi connectivity index (χ3v) is 3.98. The van der Waals surface area contributed by atoms with Crippen LogP contribution < -0.4 is 10.6 Å². The highest BCUT2D eigenvalue weighted by Crippen LogP contribution is 2.22. The number of rotatable bonds is 5. The van der Waals surface area contributed by atoms with Crippen LogP contribution in [0.4, 0.5) is 20.2 Å². The second kappa shape index (κ2) is 8.58. The van der Waals surface area contributed by atoms with Crippen LogP contribution in [-0.2, 0) is 11.2 Å². The van der Waals surface area contributed by atoms with E-state index in [4.69, 9.17) is 11.6 Å². The van der Waals surface area contributed by atoms with Crippen molar-refractivity contribution in [1.29, 1.82) is 0 Å². The van der Waals surface area contributed by atoms with E-state index in [1.54, 1.807) is 36.5 Å². The van der Waals surface area contributed by atoms with Crippen molar-refractivity contribution >= 4 is 34.8 Å². The number of anilines is 2. The Labute approximate surface area is 164 Å². The lowest BCUT2D eigenvalue weighted by atomic mass is 10.1. The predicted octanol–water partition coefficient (Wildman–Crippen LogP) is 4.45. The second-order valence-corrected chi connectivity index (χ2v) is 6.30. The summed E-state index contributed by atoms with van der Waals surface area (Å²) in [6.45, 7) is 0. The zero-order valence-corrected chi connectivity index (χ0v) is 15.1. The van der Waals surface area contributed by atoms with Crippen LogP contribution in [0.5, 0.6) is 0 Å². The molecule has 0 aliphatic heterocycles. The van der Waals surface area contributed by atoms with Gasteiger partial charge in [-0.15, -0.1) is 0 Å². The summed E-state index contributed by atoms with van der Waals surface area (Å²) in [5.41, 5.74) is 0.259. The lowest BCUT2D eigenvalue weighted by Gasteiger charge is -2.11. The van der Waals surface area contributed by atoms with Crippen molar-refractivity contribution in [3.8, 4) is 0 Å². The smallest absolute Gasteiger partial charge is 0.258 e. The standard InChI is InChI=1S/C20H14ClF2N3O2/c21-13-4-1-5-14(8-13)25-20(28)15-9-18(17(23)10-16(15)22)26-19(27)7-12-3-2-6-24-11-12/h1-6,8-11H,7H2,(H,25,28)(H,26,27). The van der Waals surface area contributed by atoms with E-state index in [1.807, 2.05) is 0 Å². The number of carbonyl (C=O) groups is 2. The summed E-state index contributed by atoms with van der Waals surface area (Å²) in [7, 11) is 0. The molecule has 8 heteroatoms. The van der Waals surface area contributed by atoms with Gasteiger partial charge < -0.3 is 10.6 Å². The molecule has 0 aliphatic rings. The van der Waals surface area contributed by atoms with Crippen LogP contribution in [0.15, 0.2) is 60.9 Å². The number of halogens is 3. The number of aromatic nitrogens is 1. The van der Waals surface area contributed by atoms with E-state index < -0.39 is 29.0 Å². The van der Waals surface area contributed by atoms with Crippen LogP contribution >= 0.6 is 11.6 Å². The summed E-state index contributed by atoms with van der Waals surface area (Å²) in [5.74, 6) is -3.37. The largest absolute Gasteiger partial charge is 0.323 e. The maximum atomic E-state index is 14.1. The molecule has 0 bridgehead atoms. The van der Waals surface area contributed by atoms with Gasteiger partial charge in [0.1, 0.15) is 11.6 Å². The number of nitrogens with zero attached hydrogens (tertiary/aromatic N) is 1. The lowest BCUT2D eigenvalue weighted by Crippen LogP contribution is -2.18. The van der Waals surface area contributed by atoms with E-state index in [0.29, 0.717) is 22.3 Å². The average Bonchev–Trinajstić information content (AvgIpc) is 2.64. The lowest BCUT2D eigenvalue weighted by molar-refractivity contribution is -0.115. The molecule has 2 aromatic carbocycles. The van der Waals surface area contributed by atoms with Crippen LogP contribution in [0.3, 0.4) is 0 Å². The van der Waals surface area contributed by atoms with E-state index in [9.17, 15) is 18.4 Å². The third kappa shape index (κ3) is 4.89. The number of hydrogen-bond acceptors (Lipinski definition) is 3. The second-order valence-electron chi connectivity index (χ2n) is 5.86. The number of carbonyl (C=O) groups excluding carboxylic acids is 2. The quantitative estimate of drug-likeness (QED) is 0.663. The minimum atomic E-state index is -1.05. The topological polar surface area (TPSA) is 71.1 Å². The third-order valence-electron chi connectivity index (χ3n) is 3.75. The number of amides is 2. The first-order valence-corrected chi connectivity index (χ1v) is 8.55. The molecule has 28 heavy (non-hydrogen) atoms. The van der Waals surface area contributed by atoms with Gasteiger partial charge in [-0.05, 0) is 35.9 Å². The summed E-state index contributed by atoms with van der Waals surface area (Å²) in [6, 6.07) is 11.1. The van der Waals surface area contributed by atoms with E-state index in [0.717, 1.165) is 6.07 Å². The molecule has 2 amide bonds. The molecular formula is C20H14ClF2N3O2. The number of pyridine rings is 1. The average molecular weight is 402 g/mol. The summed E-state index contributed by atoms with van der Waals surface area (Å²) >= 11 is 5.85. The Kier molecular flexibility index (Phi) is 5.96. The Morgan fingerprint density at radius 2 is 1.82 bits per heavy atom. The summed E-state index contributed by atoms with van der Waals surface area (Å²) in [4.78, 5) is 28.4. The Morgan fingerprint density at radius 3 is 2.54 bits per heavy atom. The molecule has 3 aromatic rings. The van der Waals surface area contributed by atoms with Crippen LogP contribution in [0.2, 0.25) is 5.02 Å². The van der Waals surface area contributed by atoms with Crippen molar-refractivity contribution in [2.75, 3.05) is 10.6 Å². The van der Waals surface area contributed by atoms with Crippen LogP contribution in [0, 0.1) is 11.6 Å². The van der Waals surface area contributed by atoms with Crippen molar-refractivity contribution in [1.82, 2.24) is 4.98 Å². The Hall–Kier alpha value is -3.32. The fourth-order valence-electron chi connectivity index (χ4n) is 2.47. The van der Waals surface area contributed by atoms with Gasteiger partial charge in [-0.25, -0.2) is 8.78 Å². The molecule has 3 rings (SSSR count).